The fourth-order valence-corrected chi connectivity index (χ4v) is 3.13. The first kappa shape index (κ1) is 19.5. The highest BCUT2D eigenvalue weighted by atomic mass is 16.6. The standard InChI is InChI=1S/C24H24N2O2/c27-26(28)24-16-8-7-14-23(24)15-9-18-25(20-22-12-5-2-6-13-22)19-17-21-10-3-1-4-11-21/h1-16H,17-20H2. The lowest BCUT2D eigenvalue weighted by molar-refractivity contribution is -0.385. The second-order valence-electron chi connectivity index (χ2n) is 6.67. The average Bonchev–Trinajstić information content (AvgIpc) is 2.73. The van der Waals surface area contributed by atoms with Crippen LogP contribution in [0.1, 0.15) is 16.7 Å². The lowest BCUT2D eigenvalue weighted by Gasteiger charge is -2.21. The number of nitrogens with zero attached hydrogens (tertiary/aromatic N) is 2. The van der Waals surface area contributed by atoms with Crippen molar-refractivity contribution in [1.29, 1.82) is 0 Å². The lowest BCUT2D eigenvalue weighted by atomic mass is 10.1. The van der Waals surface area contributed by atoms with E-state index in [0.717, 1.165) is 26.1 Å². The first-order chi connectivity index (χ1) is 13.7. The van der Waals surface area contributed by atoms with E-state index < -0.39 is 0 Å². The van der Waals surface area contributed by atoms with Gasteiger partial charge in [-0.15, -0.1) is 0 Å². The van der Waals surface area contributed by atoms with Crippen LogP contribution in [0.4, 0.5) is 5.69 Å². The van der Waals surface area contributed by atoms with Crippen LogP contribution in [0.3, 0.4) is 0 Å². The van der Waals surface area contributed by atoms with Crippen molar-refractivity contribution in [2.24, 2.45) is 0 Å². The number of benzene rings is 3. The van der Waals surface area contributed by atoms with Crippen LogP contribution < -0.4 is 0 Å². The van der Waals surface area contributed by atoms with Gasteiger partial charge in [0.1, 0.15) is 0 Å². The first-order valence-electron chi connectivity index (χ1n) is 9.42. The third-order valence-corrected chi connectivity index (χ3v) is 4.60. The van der Waals surface area contributed by atoms with Crippen molar-refractivity contribution in [3.8, 4) is 0 Å². The molecule has 0 bridgehead atoms. The minimum absolute atomic E-state index is 0.137. The number of para-hydroxylation sites is 1. The molecule has 0 spiro atoms. The Bertz CT molecular complexity index is 908. The minimum atomic E-state index is -0.336. The molecule has 0 aliphatic rings. The number of rotatable bonds is 9. The van der Waals surface area contributed by atoms with E-state index in [2.05, 4.69) is 41.3 Å². The van der Waals surface area contributed by atoms with E-state index in [1.165, 1.54) is 17.2 Å². The normalized spacial score (nSPS) is 11.2. The summed E-state index contributed by atoms with van der Waals surface area (Å²) >= 11 is 0. The topological polar surface area (TPSA) is 46.4 Å². The molecule has 0 radical (unpaired) electrons. The zero-order valence-electron chi connectivity index (χ0n) is 15.8. The molecule has 28 heavy (non-hydrogen) atoms. The van der Waals surface area contributed by atoms with Gasteiger partial charge in [0.2, 0.25) is 0 Å². The van der Waals surface area contributed by atoms with Crippen molar-refractivity contribution in [2.45, 2.75) is 13.0 Å². The maximum absolute atomic E-state index is 11.2. The fraction of sp³-hybridized carbons (Fsp3) is 0.167. The van der Waals surface area contributed by atoms with Crippen LogP contribution >= 0.6 is 0 Å². The summed E-state index contributed by atoms with van der Waals surface area (Å²) in [6.45, 7) is 2.49. The maximum atomic E-state index is 11.2. The third kappa shape index (κ3) is 5.89. The van der Waals surface area contributed by atoms with Gasteiger partial charge in [-0.05, 0) is 23.6 Å². The Hall–Kier alpha value is -3.24. The van der Waals surface area contributed by atoms with Crippen molar-refractivity contribution < 1.29 is 4.92 Å². The van der Waals surface area contributed by atoms with Gasteiger partial charge >= 0.3 is 0 Å². The molecule has 0 atom stereocenters. The number of hydrogen-bond donors (Lipinski definition) is 0. The Balaban J connectivity index is 1.68. The molecule has 0 amide bonds. The summed E-state index contributed by atoms with van der Waals surface area (Å²) in [6, 6.07) is 27.6. The summed E-state index contributed by atoms with van der Waals surface area (Å²) in [6.07, 6.45) is 4.82. The monoisotopic (exact) mass is 372 g/mol. The average molecular weight is 372 g/mol. The molecule has 0 fully saturated rings. The summed E-state index contributed by atoms with van der Waals surface area (Å²) < 4.78 is 0. The number of nitro groups is 1. The summed E-state index contributed by atoms with van der Waals surface area (Å²) in [7, 11) is 0. The molecule has 0 aliphatic heterocycles. The minimum Gasteiger partial charge on any atom is -0.295 e. The summed E-state index contributed by atoms with van der Waals surface area (Å²) in [5, 5.41) is 11.2. The summed E-state index contributed by atoms with van der Waals surface area (Å²) in [4.78, 5) is 13.2. The van der Waals surface area contributed by atoms with Crippen molar-refractivity contribution >= 4 is 11.8 Å². The van der Waals surface area contributed by atoms with Crippen LogP contribution in [0.5, 0.6) is 0 Å². The highest BCUT2D eigenvalue weighted by Gasteiger charge is 2.10. The van der Waals surface area contributed by atoms with Crippen molar-refractivity contribution in [3.63, 3.8) is 0 Å². The molecule has 4 nitrogen and oxygen atoms in total. The van der Waals surface area contributed by atoms with E-state index in [-0.39, 0.29) is 10.6 Å². The van der Waals surface area contributed by atoms with E-state index in [4.69, 9.17) is 0 Å². The molecule has 3 aromatic carbocycles. The first-order valence-corrected chi connectivity index (χ1v) is 9.42. The van der Waals surface area contributed by atoms with Crippen LogP contribution in [0, 0.1) is 10.1 Å². The molecule has 0 saturated heterocycles. The number of hydrogen-bond acceptors (Lipinski definition) is 3. The van der Waals surface area contributed by atoms with E-state index in [0.29, 0.717) is 5.56 Å². The van der Waals surface area contributed by atoms with Gasteiger partial charge < -0.3 is 0 Å². The zero-order valence-corrected chi connectivity index (χ0v) is 15.8. The van der Waals surface area contributed by atoms with Gasteiger partial charge in [0.05, 0.1) is 10.5 Å². The fourth-order valence-electron chi connectivity index (χ4n) is 3.13. The summed E-state index contributed by atoms with van der Waals surface area (Å²) in [5.74, 6) is 0. The highest BCUT2D eigenvalue weighted by molar-refractivity contribution is 5.60. The molecular weight excluding hydrogens is 348 g/mol. The molecule has 0 N–H and O–H groups in total. The quantitative estimate of drug-likeness (QED) is 0.375. The Morgan fingerprint density at radius 3 is 2.11 bits per heavy atom. The van der Waals surface area contributed by atoms with Crippen molar-refractivity contribution in [2.75, 3.05) is 13.1 Å². The molecule has 3 rings (SSSR count). The second kappa shape index (κ2) is 10.2. The van der Waals surface area contributed by atoms with Crippen LogP contribution in [0.25, 0.3) is 6.08 Å². The molecule has 4 heteroatoms. The van der Waals surface area contributed by atoms with Gasteiger partial charge in [-0.25, -0.2) is 0 Å². The summed E-state index contributed by atoms with van der Waals surface area (Å²) in [5.41, 5.74) is 3.34. The van der Waals surface area contributed by atoms with E-state index >= 15 is 0 Å². The molecule has 142 valence electrons. The van der Waals surface area contributed by atoms with Gasteiger partial charge in [-0.2, -0.15) is 0 Å². The largest absolute Gasteiger partial charge is 0.295 e. The highest BCUT2D eigenvalue weighted by Crippen LogP contribution is 2.19. The Kier molecular flexibility index (Phi) is 7.10. The van der Waals surface area contributed by atoms with E-state index in [1.54, 1.807) is 12.1 Å². The smallest absolute Gasteiger partial charge is 0.276 e. The molecule has 0 unspecified atom stereocenters. The lowest BCUT2D eigenvalue weighted by Crippen LogP contribution is -2.26. The van der Waals surface area contributed by atoms with E-state index in [1.807, 2.05) is 42.5 Å². The molecular formula is C24H24N2O2. The predicted octanol–water partition coefficient (Wildman–Crippen LogP) is 5.35. The van der Waals surface area contributed by atoms with Crippen LogP contribution in [0.2, 0.25) is 0 Å². The Labute approximate surface area is 165 Å². The van der Waals surface area contributed by atoms with Crippen LogP contribution in [0.15, 0.2) is 91.0 Å². The van der Waals surface area contributed by atoms with Crippen molar-refractivity contribution in [1.82, 2.24) is 4.90 Å². The molecule has 0 aliphatic carbocycles. The second-order valence-corrected chi connectivity index (χ2v) is 6.67. The maximum Gasteiger partial charge on any atom is 0.276 e. The van der Waals surface area contributed by atoms with Gasteiger partial charge in [0.25, 0.3) is 5.69 Å². The van der Waals surface area contributed by atoms with Crippen LogP contribution in [-0.4, -0.2) is 22.9 Å². The van der Waals surface area contributed by atoms with Crippen molar-refractivity contribution in [3.05, 3.63) is 118 Å². The van der Waals surface area contributed by atoms with Gasteiger partial charge in [0.15, 0.2) is 0 Å². The van der Waals surface area contributed by atoms with Gasteiger partial charge in [-0.1, -0.05) is 84.9 Å². The SMILES string of the molecule is O=[N+]([O-])c1ccccc1C=CCN(CCc1ccccc1)Cc1ccccc1. The van der Waals surface area contributed by atoms with Crippen LogP contribution in [-0.2, 0) is 13.0 Å². The third-order valence-electron chi connectivity index (χ3n) is 4.60. The molecule has 0 saturated carbocycles. The van der Waals surface area contributed by atoms with Gasteiger partial charge in [-0.3, -0.25) is 15.0 Å². The zero-order chi connectivity index (χ0) is 19.6. The Morgan fingerprint density at radius 2 is 1.43 bits per heavy atom. The Morgan fingerprint density at radius 1 is 0.821 bits per heavy atom. The predicted molar refractivity (Wildman–Crippen MR) is 114 cm³/mol. The molecule has 0 heterocycles. The number of nitro benzene ring substituents is 1. The molecule has 0 aromatic heterocycles. The molecule has 3 aromatic rings. The van der Waals surface area contributed by atoms with Gasteiger partial charge in [0, 0.05) is 25.7 Å². The van der Waals surface area contributed by atoms with E-state index in [9.17, 15) is 10.1 Å².